The van der Waals surface area contributed by atoms with Gasteiger partial charge in [-0.15, -0.1) is 13.2 Å². The molecule has 0 spiro atoms. The SMILES string of the molecule is O=C(Nc1ccc(OC(F)(F)F)cc1)NC1[C]=CC=CC1. The van der Waals surface area contributed by atoms with Gasteiger partial charge in [-0.1, -0.05) is 18.2 Å². The van der Waals surface area contributed by atoms with Crippen LogP contribution in [0.2, 0.25) is 0 Å². The van der Waals surface area contributed by atoms with Crippen molar-refractivity contribution in [2.75, 3.05) is 5.32 Å². The molecule has 21 heavy (non-hydrogen) atoms. The number of urea groups is 1. The van der Waals surface area contributed by atoms with E-state index in [0.29, 0.717) is 12.1 Å². The van der Waals surface area contributed by atoms with Gasteiger partial charge in [0.25, 0.3) is 0 Å². The molecule has 0 aromatic heterocycles. The number of hydrogen-bond donors (Lipinski definition) is 2. The van der Waals surface area contributed by atoms with Crippen LogP contribution in [0.1, 0.15) is 6.42 Å². The van der Waals surface area contributed by atoms with E-state index in [2.05, 4.69) is 21.4 Å². The number of halogens is 3. The van der Waals surface area contributed by atoms with E-state index < -0.39 is 12.4 Å². The third-order valence-corrected chi connectivity index (χ3v) is 2.55. The lowest BCUT2D eigenvalue weighted by Gasteiger charge is -2.15. The molecule has 1 aliphatic rings. The number of benzene rings is 1. The minimum absolute atomic E-state index is 0.220. The first-order valence-electron chi connectivity index (χ1n) is 6.10. The number of carbonyl (C=O) groups excluding carboxylic acids is 1. The van der Waals surface area contributed by atoms with E-state index in [1.54, 1.807) is 6.08 Å². The van der Waals surface area contributed by atoms with Crippen molar-refractivity contribution < 1.29 is 22.7 Å². The third kappa shape index (κ3) is 5.21. The van der Waals surface area contributed by atoms with Crippen molar-refractivity contribution in [1.82, 2.24) is 5.32 Å². The van der Waals surface area contributed by atoms with Crippen LogP contribution in [-0.2, 0) is 0 Å². The van der Waals surface area contributed by atoms with Gasteiger partial charge in [-0.2, -0.15) is 0 Å². The van der Waals surface area contributed by atoms with Gasteiger partial charge in [0, 0.05) is 5.69 Å². The molecule has 1 unspecified atom stereocenters. The molecule has 0 heterocycles. The predicted octanol–water partition coefficient (Wildman–Crippen LogP) is 3.39. The number of hydrogen-bond acceptors (Lipinski definition) is 2. The normalized spacial score (nSPS) is 17.4. The lowest BCUT2D eigenvalue weighted by atomic mass is 10.1. The fourth-order valence-electron chi connectivity index (χ4n) is 1.69. The molecule has 0 bridgehead atoms. The topological polar surface area (TPSA) is 50.4 Å². The Bertz CT molecular complexity index is 550. The van der Waals surface area contributed by atoms with E-state index in [0.717, 1.165) is 12.1 Å². The summed E-state index contributed by atoms with van der Waals surface area (Å²) in [5.41, 5.74) is 0.359. The first-order valence-corrected chi connectivity index (χ1v) is 6.10. The maximum atomic E-state index is 12.0. The van der Waals surface area contributed by atoms with Gasteiger partial charge in [0.1, 0.15) is 5.75 Å². The summed E-state index contributed by atoms with van der Waals surface area (Å²) in [4.78, 5) is 11.7. The minimum Gasteiger partial charge on any atom is -0.406 e. The lowest BCUT2D eigenvalue weighted by Crippen LogP contribution is -2.37. The van der Waals surface area contributed by atoms with Crippen LogP contribution in [-0.4, -0.2) is 18.4 Å². The number of amides is 2. The van der Waals surface area contributed by atoms with E-state index in [1.165, 1.54) is 12.1 Å². The monoisotopic (exact) mass is 297 g/mol. The van der Waals surface area contributed by atoms with Crippen molar-refractivity contribution in [2.24, 2.45) is 0 Å². The first-order chi connectivity index (χ1) is 9.92. The molecule has 0 saturated heterocycles. The van der Waals surface area contributed by atoms with E-state index >= 15 is 0 Å². The van der Waals surface area contributed by atoms with Gasteiger partial charge in [-0.05, 0) is 36.8 Å². The van der Waals surface area contributed by atoms with E-state index in [4.69, 9.17) is 0 Å². The van der Waals surface area contributed by atoms with Crippen molar-refractivity contribution in [2.45, 2.75) is 18.8 Å². The van der Waals surface area contributed by atoms with Gasteiger partial charge in [0.05, 0.1) is 6.04 Å². The number of ether oxygens (including phenoxy) is 1. The highest BCUT2D eigenvalue weighted by Gasteiger charge is 2.30. The molecule has 2 amide bonds. The highest BCUT2D eigenvalue weighted by atomic mass is 19.4. The quantitative estimate of drug-likeness (QED) is 0.898. The molecular weight excluding hydrogens is 285 g/mol. The summed E-state index contributed by atoms with van der Waals surface area (Å²) < 4.78 is 39.7. The Morgan fingerprint density at radius 1 is 1.29 bits per heavy atom. The molecule has 0 aliphatic heterocycles. The summed E-state index contributed by atoms with van der Waals surface area (Å²) in [6.07, 6.45) is 4.28. The maximum Gasteiger partial charge on any atom is 0.573 e. The highest BCUT2D eigenvalue weighted by Crippen LogP contribution is 2.23. The molecule has 4 nitrogen and oxygen atoms in total. The third-order valence-electron chi connectivity index (χ3n) is 2.55. The first kappa shape index (κ1) is 15.0. The van der Waals surface area contributed by atoms with Crippen LogP contribution in [0.25, 0.3) is 0 Å². The molecule has 0 saturated carbocycles. The number of alkyl halides is 3. The summed E-state index contributed by atoms with van der Waals surface area (Å²) in [5, 5.41) is 5.18. The summed E-state index contributed by atoms with van der Waals surface area (Å²) in [6.45, 7) is 0. The molecule has 0 fully saturated rings. The van der Waals surface area contributed by atoms with Crippen molar-refractivity contribution >= 4 is 11.7 Å². The Hall–Kier alpha value is -2.44. The zero-order valence-corrected chi connectivity index (χ0v) is 10.8. The van der Waals surface area contributed by atoms with Gasteiger partial charge >= 0.3 is 12.4 Å². The largest absolute Gasteiger partial charge is 0.573 e. The maximum absolute atomic E-state index is 12.0. The van der Waals surface area contributed by atoms with E-state index in [-0.39, 0.29) is 11.8 Å². The summed E-state index contributed by atoms with van der Waals surface area (Å²) >= 11 is 0. The van der Waals surface area contributed by atoms with Gasteiger partial charge < -0.3 is 15.4 Å². The van der Waals surface area contributed by atoms with Gasteiger partial charge in [0.15, 0.2) is 0 Å². The fraction of sp³-hybridized carbons (Fsp3) is 0.214. The van der Waals surface area contributed by atoms with Crippen molar-refractivity contribution in [1.29, 1.82) is 0 Å². The number of allylic oxidation sites excluding steroid dienone is 2. The van der Waals surface area contributed by atoms with E-state index in [9.17, 15) is 18.0 Å². The average Bonchev–Trinajstić information content (AvgIpc) is 2.40. The summed E-state index contributed by atoms with van der Waals surface area (Å²) in [6, 6.07) is 4.21. The zero-order valence-electron chi connectivity index (χ0n) is 10.8. The van der Waals surface area contributed by atoms with E-state index in [1.807, 2.05) is 12.2 Å². The number of rotatable bonds is 3. The summed E-state index contributed by atoms with van der Waals surface area (Å²) in [5.74, 6) is -0.345. The van der Waals surface area contributed by atoms with Crippen molar-refractivity contribution in [3.8, 4) is 5.75 Å². The minimum atomic E-state index is -4.73. The Kier molecular flexibility index (Phi) is 4.52. The standard InChI is InChI=1S/C14H12F3N2O2/c15-14(16,17)21-12-8-6-11(7-9-12)19-13(20)18-10-4-2-1-3-5-10/h1-3,6-10H,4H2,(H2,18,19,20). The van der Waals surface area contributed by atoms with Crippen LogP contribution in [0.5, 0.6) is 5.75 Å². The van der Waals surface area contributed by atoms with Crippen LogP contribution >= 0.6 is 0 Å². The van der Waals surface area contributed by atoms with Crippen LogP contribution in [0.15, 0.2) is 42.5 Å². The highest BCUT2D eigenvalue weighted by molar-refractivity contribution is 5.89. The Morgan fingerprint density at radius 2 is 2.00 bits per heavy atom. The van der Waals surface area contributed by atoms with Gasteiger partial charge in [0.2, 0.25) is 0 Å². The molecule has 2 rings (SSSR count). The van der Waals surface area contributed by atoms with Crippen molar-refractivity contribution in [3.63, 3.8) is 0 Å². The van der Waals surface area contributed by atoms with Crippen LogP contribution in [0.3, 0.4) is 0 Å². The molecule has 1 aliphatic carbocycles. The second kappa shape index (κ2) is 6.34. The van der Waals surface area contributed by atoms with Crippen LogP contribution < -0.4 is 15.4 Å². The van der Waals surface area contributed by atoms with Gasteiger partial charge in [-0.3, -0.25) is 0 Å². The van der Waals surface area contributed by atoms with Crippen LogP contribution in [0, 0.1) is 6.08 Å². The smallest absolute Gasteiger partial charge is 0.406 e. The Morgan fingerprint density at radius 3 is 2.57 bits per heavy atom. The second-order valence-corrected chi connectivity index (χ2v) is 4.22. The molecule has 2 N–H and O–H groups in total. The molecule has 1 radical (unpaired) electrons. The Labute approximate surface area is 119 Å². The molecule has 7 heteroatoms. The number of nitrogens with one attached hydrogen (secondary N) is 2. The number of anilines is 1. The number of carbonyl (C=O) groups is 1. The average molecular weight is 297 g/mol. The van der Waals surface area contributed by atoms with Crippen molar-refractivity contribution in [3.05, 3.63) is 48.6 Å². The second-order valence-electron chi connectivity index (χ2n) is 4.22. The van der Waals surface area contributed by atoms with Gasteiger partial charge in [-0.25, -0.2) is 4.79 Å². The summed E-state index contributed by atoms with van der Waals surface area (Å²) in [7, 11) is 0. The molecule has 1 aromatic rings. The molecule has 111 valence electrons. The van der Waals surface area contributed by atoms with Crippen LogP contribution in [0.4, 0.5) is 23.7 Å². The fourth-order valence-corrected chi connectivity index (χ4v) is 1.69. The lowest BCUT2D eigenvalue weighted by molar-refractivity contribution is -0.274. The zero-order chi connectivity index (χ0) is 15.3. The molecular formula is C14H12F3N2O2. The molecule has 1 atom stereocenters. The predicted molar refractivity (Wildman–Crippen MR) is 70.6 cm³/mol. The Balaban J connectivity index is 1.86. The molecule has 1 aromatic carbocycles.